The van der Waals surface area contributed by atoms with Crippen molar-refractivity contribution < 1.29 is 0 Å². The van der Waals surface area contributed by atoms with Crippen molar-refractivity contribution in [3.8, 4) is 0 Å². The number of nitrogens with two attached hydrogens (primary N) is 1. The molecule has 1 aromatic rings. The molecule has 0 radical (unpaired) electrons. The molecule has 0 unspecified atom stereocenters. The van der Waals surface area contributed by atoms with Gasteiger partial charge in [-0.05, 0) is 18.9 Å². The fourth-order valence-corrected chi connectivity index (χ4v) is 2.20. The fourth-order valence-electron chi connectivity index (χ4n) is 2.20. The Labute approximate surface area is 102 Å². The highest BCUT2D eigenvalue weighted by Gasteiger charge is 2.12. The summed E-state index contributed by atoms with van der Waals surface area (Å²) in [5, 5.41) is 7.59. The second-order valence-electron chi connectivity index (χ2n) is 4.40. The molecule has 92 valence electrons. The maximum atomic E-state index is 5.53. The molecule has 2 rings (SSSR count). The quantitative estimate of drug-likeness (QED) is 0.266. The predicted molar refractivity (Wildman–Crippen MR) is 67.4 cm³/mol. The number of aliphatic imine (C=N–C) groups is 1. The van der Waals surface area contributed by atoms with Crippen LogP contribution in [0.25, 0.3) is 0 Å². The third-order valence-electron chi connectivity index (χ3n) is 3.13. The number of nitrogens with zero attached hydrogens (tertiary/aromatic N) is 3. The van der Waals surface area contributed by atoms with E-state index < -0.39 is 0 Å². The van der Waals surface area contributed by atoms with E-state index in [0.29, 0.717) is 11.9 Å². The van der Waals surface area contributed by atoms with Crippen LogP contribution < -0.4 is 11.3 Å². The highest BCUT2D eigenvalue weighted by molar-refractivity contribution is 5.98. The smallest absolute Gasteiger partial charge is 0.144 e. The molecule has 0 bridgehead atoms. The third-order valence-corrected chi connectivity index (χ3v) is 3.13. The van der Waals surface area contributed by atoms with Gasteiger partial charge in [0.05, 0.1) is 18.4 Å². The lowest BCUT2D eigenvalue weighted by molar-refractivity contribution is 0.583. The van der Waals surface area contributed by atoms with Gasteiger partial charge >= 0.3 is 0 Å². The number of aromatic nitrogens is 2. The van der Waals surface area contributed by atoms with Crippen molar-refractivity contribution in [3.05, 3.63) is 24.0 Å². The minimum Gasteiger partial charge on any atom is -0.308 e. The van der Waals surface area contributed by atoms with Crippen LogP contribution in [0.1, 0.15) is 44.1 Å². The van der Waals surface area contributed by atoms with Crippen LogP contribution in [0, 0.1) is 0 Å². The number of rotatable bonds is 2. The predicted octanol–water partition coefficient (Wildman–Crippen LogP) is 1.41. The van der Waals surface area contributed by atoms with E-state index >= 15 is 0 Å². The van der Waals surface area contributed by atoms with Gasteiger partial charge in [-0.15, -0.1) is 0 Å². The molecule has 1 fully saturated rings. The number of hydrogen-bond acceptors (Lipinski definition) is 4. The van der Waals surface area contributed by atoms with Crippen LogP contribution in [-0.2, 0) is 0 Å². The molecule has 0 atom stereocenters. The van der Waals surface area contributed by atoms with Crippen LogP contribution in [0.4, 0.5) is 0 Å². The van der Waals surface area contributed by atoms with Crippen molar-refractivity contribution in [2.75, 3.05) is 0 Å². The molecule has 0 aliphatic heterocycles. The maximum absolute atomic E-state index is 5.53. The van der Waals surface area contributed by atoms with E-state index in [1.54, 1.807) is 12.4 Å². The van der Waals surface area contributed by atoms with E-state index in [4.69, 9.17) is 10.8 Å². The molecule has 5 heteroatoms. The first-order chi connectivity index (χ1) is 8.40. The Hall–Kier alpha value is -1.49. The normalized spacial score (nSPS) is 18.8. The Kier molecular flexibility index (Phi) is 4.44. The Morgan fingerprint density at radius 1 is 1.24 bits per heavy atom. The van der Waals surface area contributed by atoms with Gasteiger partial charge in [0, 0.05) is 5.56 Å². The van der Waals surface area contributed by atoms with Gasteiger partial charge in [-0.25, -0.2) is 5.84 Å². The molecule has 5 nitrogen and oxygen atoms in total. The summed E-state index contributed by atoms with van der Waals surface area (Å²) in [4.78, 5) is 4.70. The minimum absolute atomic E-state index is 0.386. The molecule has 0 aromatic carbocycles. The van der Waals surface area contributed by atoms with Gasteiger partial charge < -0.3 is 5.43 Å². The monoisotopic (exact) mass is 233 g/mol. The summed E-state index contributed by atoms with van der Waals surface area (Å²) in [7, 11) is 0. The van der Waals surface area contributed by atoms with Crippen molar-refractivity contribution in [1.82, 2.24) is 15.6 Å². The summed E-state index contributed by atoms with van der Waals surface area (Å²) < 4.78 is 0. The first-order valence-corrected chi connectivity index (χ1v) is 6.21. The summed E-state index contributed by atoms with van der Waals surface area (Å²) in [6, 6.07) is 2.25. The average molecular weight is 233 g/mol. The summed E-state index contributed by atoms with van der Waals surface area (Å²) in [5.41, 5.74) is 3.56. The van der Waals surface area contributed by atoms with E-state index in [1.165, 1.54) is 25.7 Å². The summed E-state index contributed by atoms with van der Waals surface area (Å²) in [5.74, 6) is 6.25. The number of nitrogens with one attached hydrogen (secondary N) is 1. The second-order valence-corrected chi connectivity index (χ2v) is 4.40. The average Bonchev–Trinajstić information content (AvgIpc) is 2.65. The largest absolute Gasteiger partial charge is 0.308 e. The van der Waals surface area contributed by atoms with Crippen LogP contribution in [-0.4, -0.2) is 22.1 Å². The molecule has 1 aliphatic rings. The van der Waals surface area contributed by atoms with Crippen molar-refractivity contribution in [2.24, 2.45) is 10.8 Å². The molecule has 1 aliphatic carbocycles. The van der Waals surface area contributed by atoms with Gasteiger partial charge in [0.2, 0.25) is 0 Å². The first kappa shape index (κ1) is 12.0. The van der Waals surface area contributed by atoms with E-state index in [1.807, 2.05) is 6.07 Å². The molecule has 1 heterocycles. The van der Waals surface area contributed by atoms with Crippen molar-refractivity contribution in [2.45, 2.75) is 44.6 Å². The lowest BCUT2D eigenvalue weighted by Gasteiger charge is -2.12. The van der Waals surface area contributed by atoms with Crippen molar-refractivity contribution in [3.63, 3.8) is 0 Å². The highest BCUT2D eigenvalue weighted by Crippen LogP contribution is 2.20. The van der Waals surface area contributed by atoms with Crippen LogP contribution >= 0.6 is 0 Å². The van der Waals surface area contributed by atoms with Gasteiger partial charge in [0.15, 0.2) is 0 Å². The lowest BCUT2D eigenvalue weighted by Crippen LogP contribution is -2.32. The molecular weight excluding hydrogens is 214 g/mol. The molecule has 0 saturated heterocycles. The van der Waals surface area contributed by atoms with E-state index in [0.717, 1.165) is 18.4 Å². The van der Waals surface area contributed by atoms with Gasteiger partial charge in [-0.3, -0.25) is 4.99 Å². The van der Waals surface area contributed by atoms with Crippen LogP contribution in [0.3, 0.4) is 0 Å². The zero-order chi connectivity index (χ0) is 11.9. The van der Waals surface area contributed by atoms with Crippen LogP contribution in [0.5, 0.6) is 0 Å². The number of amidine groups is 1. The first-order valence-electron chi connectivity index (χ1n) is 6.21. The molecule has 1 aromatic heterocycles. The number of hydrogen-bond donors (Lipinski definition) is 2. The van der Waals surface area contributed by atoms with Gasteiger partial charge in [0.1, 0.15) is 5.84 Å². The zero-order valence-corrected chi connectivity index (χ0v) is 9.97. The molecule has 0 spiro atoms. The third kappa shape index (κ3) is 3.49. The van der Waals surface area contributed by atoms with Gasteiger partial charge in [-0.2, -0.15) is 10.2 Å². The Morgan fingerprint density at radius 2 is 2.00 bits per heavy atom. The molecule has 0 amide bonds. The standard InChI is InChI=1S/C12H19N5/c13-17-12(10-7-8-14-15-9-10)16-11-5-3-1-2-4-6-11/h7-9,11H,1-6,13H2,(H,16,17). The SMILES string of the molecule is NNC(=NC1CCCCCC1)c1ccnnc1. The number of hydrazine groups is 1. The summed E-state index contributed by atoms with van der Waals surface area (Å²) in [6.07, 6.45) is 10.8. The Bertz CT molecular complexity index is 354. The fraction of sp³-hybridized carbons (Fsp3) is 0.583. The molecule has 17 heavy (non-hydrogen) atoms. The minimum atomic E-state index is 0.386. The van der Waals surface area contributed by atoms with Gasteiger partial charge in [0.25, 0.3) is 0 Å². The second kappa shape index (κ2) is 6.30. The molecule has 1 saturated carbocycles. The van der Waals surface area contributed by atoms with Crippen molar-refractivity contribution >= 4 is 5.84 Å². The summed E-state index contributed by atoms with van der Waals surface area (Å²) >= 11 is 0. The summed E-state index contributed by atoms with van der Waals surface area (Å²) in [6.45, 7) is 0. The van der Waals surface area contributed by atoms with E-state index in [9.17, 15) is 0 Å². The van der Waals surface area contributed by atoms with E-state index in [2.05, 4.69) is 15.6 Å². The Morgan fingerprint density at radius 3 is 2.59 bits per heavy atom. The van der Waals surface area contributed by atoms with Crippen LogP contribution in [0.15, 0.2) is 23.5 Å². The van der Waals surface area contributed by atoms with E-state index in [-0.39, 0.29) is 0 Å². The topological polar surface area (TPSA) is 76.2 Å². The maximum Gasteiger partial charge on any atom is 0.144 e. The van der Waals surface area contributed by atoms with Crippen molar-refractivity contribution in [1.29, 1.82) is 0 Å². The molecular formula is C12H19N5. The molecule has 3 N–H and O–H groups in total. The Balaban J connectivity index is 2.11. The lowest BCUT2D eigenvalue weighted by atomic mass is 10.1. The van der Waals surface area contributed by atoms with Crippen LogP contribution in [0.2, 0.25) is 0 Å². The zero-order valence-electron chi connectivity index (χ0n) is 9.97. The highest BCUT2D eigenvalue weighted by atomic mass is 15.3. The van der Waals surface area contributed by atoms with Gasteiger partial charge in [-0.1, -0.05) is 25.7 Å².